The predicted octanol–water partition coefficient (Wildman–Crippen LogP) is 2.23. The standard InChI is InChI=1S/C24H32N4O5/c1-17-9-12-24(13-10-17)22(31)28(23(32)25-24)26-21(30)18-6-5-14-27(16-18)20(29)11-15-33-19-7-3-2-4-8-19/h2-4,7-8,17-18H,5-6,9-16H2,1H3,(H,25,32)(H,26,30). The van der Waals surface area contributed by atoms with Gasteiger partial charge in [0.1, 0.15) is 11.3 Å². The van der Waals surface area contributed by atoms with E-state index in [2.05, 4.69) is 17.7 Å². The lowest BCUT2D eigenvalue weighted by molar-refractivity contribution is -0.143. The number of carbonyl (C=O) groups is 4. The maximum absolute atomic E-state index is 13.0. The van der Waals surface area contributed by atoms with Crippen LogP contribution in [0.15, 0.2) is 30.3 Å². The van der Waals surface area contributed by atoms with Crippen LogP contribution in [0.4, 0.5) is 4.79 Å². The molecule has 9 heteroatoms. The minimum Gasteiger partial charge on any atom is -0.493 e. The second-order valence-corrected chi connectivity index (χ2v) is 9.40. The zero-order chi connectivity index (χ0) is 23.4. The number of ether oxygens (including phenoxy) is 1. The molecule has 2 heterocycles. The van der Waals surface area contributed by atoms with Gasteiger partial charge in [-0.25, -0.2) is 4.79 Å². The molecule has 1 spiro atoms. The van der Waals surface area contributed by atoms with Crippen molar-refractivity contribution in [1.82, 2.24) is 20.7 Å². The Labute approximate surface area is 193 Å². The maximum atomic E-state index is 13.0. The van der Waals surface area contributed by atoms with Gasteiger partial charge >= 0.3 is 6.03 Å². The Morgan fingerprint density at radius 3 is 2.61 bits per heavy atom. The monoisotopic (exact) mass is 456 g/mol. The number of rotatable bonds is 6. The third-order valence-corrected chi connectivity index (χ3v) is 6.98. The summed E-state index contributed by atoms with van der Waals surface area (Å²) in [5.41, 5.74) is 1.63. The van der Waals surface area contributed by atoms with Crippen molar-refractivity contribution in [3.05, 3.63) is 30.3 Å². The van der Waals surface area contributed by atoms with E-state index in [9.17, 15) is 19.2 Å². The fourth-order valence-electron chi connectivity index (χ4n) is 4.87. The molecular weight excluding hydrogens is 424 g/mol. The zero-order valence-electron chi connectivity index (χ0n) is 19.0. The molecule has 5 amide bonds. The molecule has 1 aromatic carbocycles. The van der Waals surface area contributed by atoms with Gasteiger partial charge in [-0.1, -0.05) is 25.1 Å². The van der Waals surface area contributed by atoms with Crippen LogP contribution in [0.25, 0.3) is 0 Å². The molecule has 2 saturated heterocycles. The van der Waals surface area contributed by atoms with Crippen LogP contribution in [-0.4, -0.2) is 58.9 Å². The summed E-state index contributed by atoms with van der Waals surface area (Å²) in [5, 5.41) is 3.65. The smallest absolute Gasteiger partial charge is 0.344 e. The van der Waals surface area contributed by atoms with Gasteiger partial charge in [0.25, 0.3) is 5.91 Å². The van der Waals surface area contributed by atoms with E-state index in [0.29, 0.717) is 43.9 Å². The Kier molecular flexibility index (Phi) is 6.85. The molecule has 1 saturated carbocycles. The van der Waals surface area contributed by atoms with Crippen molar-refractivity contribution < 1.29 is 23.9 Å². The number of nitrogens with one attached hydrogen (secondary N) is 2. The van der Waals surface area contributed by atoms with Crippen molar-refractivity contribution in [3.8, 4) is 5.75 Å². The Morgan fingerprint density at radius 1 is 1.15 bits per heavy atom. The third kappa shape index (κ3) is 5.12. The number of urea groups is 1. The van der Waals surface area contributed by atoms with Gasteiger partial charge < -0.3 is 15.0 Å². The Balaban J connectivity index is 1.28. The average molecular weight is 457 g/mol. The maximum Gasteiger partial charge on any atom is 0.344 e. The summed E-state index contributed by atoms with van der Waals surface area (Å²) in [6, 6.07) is 8.72. The Morgan fingerprint density at radius 2 is 1.88 bits per heavy atom. The largest absolute Gasteiger partial charge is 0.493 e. The fourth-order valence-corrected chi connectivity index (χ4v) is 4.87. The highest BCUT2D eigenvalue weighted by atomic mass is 16.5. The number of likely N-dealkylation sites (tertiary alicyclic amines) is 1. The fraction of sp³-hybridized carbons (Fsp3) is 0.583. The number of para-hydroxylation sites is 1. The van der Waals surface area contributed by atoms with Gasteiger partial charge in [-0.2, -0.15) is 5.01 Å². The molecule has 3 fully saturated rings. The molecule has 2 aliphatic heterocycles. The normalized spacial score (nSPS) is 27.4. The molecule has 2 N–H and O–H groups in total. The van der Waals surface area contributed by atoms with E-state index in [1.54, 1.807) is 4.90 Å². The van der Waals surface area contributed by atoms with Crippen LogP contribution in [0.5, 0.6) is 5.75 Å². The first kappa shape index (κ1) is 23.1. The molecule has 1 aromatic rings. The van der Waals surface area contributed by atoms with Crippen molar-refractivity contribution >= 4 is 23.8 Å². The number of nitrogens with zero attached hydrogens (tertiary/aromatic N) is 2. The lowest BCUT2D eigenvalue weighted by atomic mass is 9.77. The summed E-state index contributed by atoms with van der Waals surface area (Å²) in [4.78, 5) is 52.6. The number of piperidine rings is 1. The minimum absolute atomic E-state index is 0.0753. The molecule has 1 aliphatic carbocycles. The van der Waals surface area contributed by atoms with Gasteiger partial charge in [0.15, 0.2) is 0 Å². The quantitative estimate of drug-likeness (QED) is 0.638. The molecule has 4 rings (SSSR count). The van der Waals surface area contributed by atoms with Crippen molar-refractivity contribution in [2.45, 2.75) is 57.4 Å². The number of benzene rings is 1. The second kappa shape index (κ2) is 9.80. The van der Waals surface area contributed by atoms with E-state index in [1.165, 1.54) is 0 Å². The van der Waals surface area contributed by atoms with Gasteiger partial charge in [0, 0.05) is 13.1 Å². The first-order chi connectivity index (χ1) is 15.9. The number of amides is 5. The SMILES string of the molecule is CC1CCC2(CC1)NC(=O)N(NC(=O)C1CCCN(C(=O)CCOc3ccccc3)C1)C2=O. The molecular formula is C24H32N4O5. The van der Waals surface area contributed by atoms with Gasteiger partial charge in [-0.05, 0) is 56.6 Å². The van der Waals surface area contributed by atoms with Crippen LogP contribution in [-0.2, 0) is 14.4 Å². The van der Waals surface area contributed by atoms with E-state index < -0.39 is 23.4 Å². The lowest BCUT2D eigenvalue weighted by Crippen LogP contribution is -2.54. The number of imide groups is 1. The van der Waals surface area contributed by atoms with Crippen LogP contribution in [0.3, 0.4) is 0 Å². The molecule has 0 aromatic heterocycles. The van der Waals surface area contributed by atoms with E-state index in [1.807, 2.05) is 30.3 Å². The topological polar surface area (TPSA) is 108 Å². The second-order valence-electron chi connectivity index (χ2n) is 9.40. The van der Waals surface area contributed by atoms with Gasteiger partial charge in [-0.15, -0.1) is 0 Å². The Bertz CT molecular complexity index is 897. The summed E-state index contributed by atoms with van der Waals surface area (Å²) in [6.07, 6.45) is 4.40. The molecule has 1 unspecified atom stereocenters. The summed E-state index contributed by atoms with van der Waals surface area (Å²) < 4.78 is 5.60. The van der Waals surface area contributed by atoms with Gasteiger partial charge in [-0.3, -0.25) is 19.8 Å². The first-order valence-corrected chi connectivity index (χ1v) is 11.8. The summed E-state index contributed by atoms with van der Waals surface area (Å²) in [5.74, 6) is -0.102. The van der Waals surface area contributed by atoms with Crippen molar-refractivity contribution in [2.75, 3.05) is 19.7 Å². The molecule has 33 heavy (non-hydrogen) atoms. The first-order valence-electron chi connectivity index (χ1n) is 11.8. The van der Waals surface area contributed by atoms with Crippen LogP contribution < -0.4 is 15.5 Å². The zero-order valence-corrected chi connectivity index (χ0v) is 19.0. The molecule has 0 radical (unpaired) electrons. The average Bonchev–Trinajstić information content (AvgIpc) is 3.05. The van der Waals surface area contributed by atoms with Crippen molar-refractivity contribution in [3.63, 3.8) is 0 Å². The van der Waals surface area contributed by atoms with E-state index in [4.69, 9.17) is 4.74 Å². The highest BCUT2D eigenvalue weighted by Crippen LogP contribution is 2.36. The lowest BCUT2D eigenvalue weighted by Gasteiger charge is -2.34. The molecule has 3 aliphatic rings. The minimum atomic E-state index is -0.899. The van der Waals surface area contributed by atoms with E-state index in [0.717, 1.165) is 17.9 Å². The predicted molar refractivity (Wildman–Crippen MR) is 120 cm³/mol. The number of hydrogen-bond acceptors (Lipinski definition) is 5. The van der Waals surface area contributed by atoms with Crippen molar-refractivity contribution in [2.24, 2.45) is 11.8 Å². The van der Waals surface area contributed by atoms with E-state index >= 15 is 0 Å². The Hall–Kier alpha value is -3.10. The van der Waals surface area contributed by atoms with Crippen LogP contribution in [0, 0.1) is 11.8 Å². The molecule has 0 bridgehead atoms. The van der Waals surface area contributed by atoms with Gasteiger partial charge in [0.2, 0.25) is 11.8 Å². The summed E-state index contributed by atoms with van der Waals surface area (Å²) in [7, 11) is 0. The molecule has 9 nitrogen and oxygen atoms in total. The summed E-state index contributed by atoms with van der Waals surface area (Å²) >= 11 is 0. The molecule has 1 atom stereocenters. The van der Waals surface area contributed by atoms with Crippen LogP contribution in [0.2, 0.25) is 0 Å². The van der Waals surface area contributed by atoms with Crippen LogP contribution in [0.1, 0.15) is 51.9 Å². The van der Waals surface area contributed by atoms with Gasteiger partial charge in [0.05, 0.1) is 18.9 Å². The highest BCUT2D eigenvalue weighted by Gasteiger charge is 2.53. The van der Waals surface area contributed by atoms with E-state index in [-0.39, 0.29) is 31.4 Å². The number of hydrazine groups is 1. The summed E-state index contributed by atoms with van der Waals surface area (Å²) in [6.45, 7) is 3.25. The number of carbonyl (C=O) groups excluding carboxylic acids is 4. The highest BCUT2D eigenvalue weighted by molar-refractivity contribution is 6.08. The third-order valence-electron chi connectivity index (χ3n) is 6.98. The molecule has 178 valence electrons. The van der Waals surface area contributed by atoms with Crippen molar-refractivity contribution in [1.29, 1.82) is 0 Å². The number of hydrogen-bond donors (Lipinski definition) is 2. The van der Waals surface area contributed by atoms with Crippen LogP contribution >= 0.6 is 0 Å².